The summed E-state index contributed by atoms with van der Waals surface area (Å²) >= 11 is 3.19. The fraction of sp³-hybridized carbons (Fsp3) is 0.400. The molecule has 1 N–H and O–H groups in total. The number of nitrogens with zero attached hydrogens (tertiary/aromatic N) is 1. The molecule has 3 nitrogen and oxygen atoms in total. The minimum atomic E-state index is -0.567. The van der Waals surface area contributed by atoms with Crippen molar-refractivity contribution in [1.29, 1.82) is 0 Å². The van der Waals surface area contributed by atoms with Gasteiger partial charge in [-0.15, -0.1) is 0 Å². The molecule has 15 heavy (non-hydrogen) atoms. The second-order valence-electron chi connectivity index (χ2n) is 2.31. The van der Waals surface area contributed by atoms with Crippen molar-refractivity contribution < 1.29 is 9.18 Å². The maximum Gasteiger partial charge on any atom is 0.269 e. The van der Waals surface area contributed by atoms with Crippen LogP contribution in [0.1, 0.15) is 24.3 Å². The van der Waals surface area contributed by atoms with Gasteiger partial charge in [0.2, 0.25) is 0 Å². The van der Waals surface area contributed by atoms with Crippen molar-refractivity contribution in [2.75, 3.05) is 13.2 Å². The number of aromatic nitrogens is 1. The molecule has 0 unspecified atom stereocenters. The molecule has 0 saturated heterocycles. The minimum Gasteiger partial charge on any atom is -0.348 e. The average molecular weight is 277 g/mol. The molecule has 0 bridgehead atoms. The summed E-state index contributed by atoms with van der Waals surface area (Å²) in [6.07, 6.45) is 1.52. The quantitative estimate of drug-likeness (QED) is 0.922. The van der Waals surface area contributed by atoms with Gasteiger partial charge in [0.15, 0.2) is 0 Å². The third kappa shape index (κ3) is 5.47. The number of hydrogen-bond donors (Lipinski definition) is 1. The number of amides is 1. The molecule has 0 spiro atoms. The van der Waals surface area contributed by atoms with E-state index < -0.39 is 6.67 Å². The molecule has 1 amide bonds. The van der Waals surface area contributed by atoms with Crippen molar-refractivity contribution in [2.45, 2.75) is 13.8 Å². The van der Waals surface area contributed by atoms with E-state index in [9.17, 15) is 9.18 Å². The molecule has 0 radical (unpaired) electrons. The molecular formula is C10H14BrFN2O. The van der Waals surface area contributed by atoms with E-state index in [1.807, 2.05) is 13.8 Å². The van der Waals surface area contributed by atoms with Crippen LogP contribution in [0.5, 0.6) is 0 Å². The highest BCUT2D eigenvalue weighted by molar-refractivity contribution is 9.10. The van der Waals surface area contributed by atoms with Crippen LogP contribution in [-0.4, -0.2) is 24.1 Å². The Bertz CT molecular complexity index is 290. The van der Waals surface area contributed by atoms with Crippen LogP contribution in [0, 0.1) is 0 Å². The van der Waals surface area contributed by atoms with Crippen LogP contribution < -0.4 is 5.32 Å². The molecule has 5 heteroatoms. The summed E-state index contributed by atoms with van der Waals surface area (Å²) in [6, 6.07) is 3.27. The first-order valence-corrected chi connectivity index (χ1v) is 5.49. The number of pyridine rings is 1. The smallest absolute Gasteiger partial charge is 0.269 e. The number of carbonyl (C=O) groups excluding carboxylic acids is 1. The molecule has 0 saturated carbocycles. The van der Waals surface area contributed by atoms with Crippen LogP contribution in [0.4, 0.5) is 4.39 Å². The Kier molecular flexibility index (Phi) is 7.81. The molecule has 1 heterocycles. The van der Waals surface area contributed by atoms with Gasteiger partial charge in [0, 0.05) is 17.2 Å². The Balaban J connectivity index is 0.000000921. The summed E-state index contributed by atoms with van der Waals surface area (Å²) in [7, 11) is 0. The zero-order valence-electron chi connectivity index (χ0n) is 8.76. The van der Waals surface area contributed by atoms with Gasteiger partial charge in [-0.3, -0.25) is 4.79 Å². The van der Waals surface area contributed by atoms with Gasteiger partial charge >= 0.3 is 0 Å². The molecule has 1 aromatic heterocycles. The molecule has 1 rings (SSSR count). The van der Waals surface area contributed by atoms with E-state index in [4.69, 9.17) is 0 Å². The van der Waals surface area contributed by atoms with E-state index in [2.05, 4.69) is 26.2 Å². The second-order valence-corrected chi connectivity index (χ2v) is 3.22. The molecule has 84 valence electrons. The fourth-order valence-corrected chi connectivity index (χ4v) is 0.996. The van der Waals surface area contributed by atoms with Crippen LogP contribution >= 0.6 is 15.9 Å². The van der Waals surface area contributed by atoms with Crippen molar-refractivity contribution in [1.82, 2.24) is 10.3 Å². The summed E-state index contributed by atoms with van der Waals surface area (Å²) < 4.78 is 12.5. The van der Waals surface area contributed by atoms with Gasteiger partial charge < -0.3 is 5.32 Å². The normalized spacial score (nSPS) is 8.80. The number of halogens is 2. The Morgan fingerprint density at radius 2 is 2.20 bits per heavy atom. The molecule has 0 aliphatic rings. The summed E-state index contributed by atoms with van der Waals surface area (Å²) in [5.74, 6) is -0.356. The van der Waals surface area contributed by atoms with E-state index in [1.54, 1.807) is 12.1 Å². The highest BCUT2D eigenvalue weighted by Crippen LogP contribution is 2.06. The Morgan fingerprint density at radius 1 is 1.53 bits per heavy atom. The van der Waals surface area contributed by atoms with E-state index in [0.29, 0.717) is 0 Å². The SMILES string of the molecule is CC.O=C(NCCF)c1ccc(Br)cn1. The van der Waals surface area contributed by atoms with Crippen LogP contribution in [0.3, 0.4) is 0 Å². The van der Waals surface area contributed by atoms with Crippen LogP contribution in [-0.2, 0) is 0 Å². The third-order valence-electron chi connectivity index (χ3n) is 1.34. The van der Waals surface area contributed by atoms with E-state index >= 15 is 0 Å². The van der Waals surface area contributed by atoms with Crippen molar-refractivity contribution in [2.24, 2.45) is 0 Å². The molecule has 0 aromatic carbocycles. The number of rotatable bonds is 3. The van der Waals surface area contributed by atoms with E-state index in [-0.39, 0.29) is 18.1 Å². The van der Waals surface area contributed by atoms with Gasteiger partial charge in [0.25, 0.3) is 5.91 Å². The fourth-order valence-electron chi connectivity index (χ4n) is 0.761. The molecule has 0 atom stereocenters. The molecule has 0 fully saturated rings. The number of alkyl halides is 1. The Hall–Kier alpha value is -0.970. The van der Waals surface area contributed by atoms with Crippen LogP contribution in [0.25, 0.3) is 0 Å². The summed E-state index contributed by atoms with van der Waals surface area (Å²) in [5.41, 5.74) is 0.289. The van der Waals surface area contributed by atoms with Gasteiger partial charge in [0.1, 0.15) is 12.4 Å². The van der Waals surface area contributed by atoms with Gasteiger partial charge in [-0.2, -0.15) is 0 Å². The van der Waals surface area contributed by atoms with Crippen molar-refractivity contribution in [3.63, 3.8) is 0 Å². The number of hydrogen-bond acceptors (Lipinski definition) is 2. The van der Waals surface area contributed by atoms with Gasteiger partial charge in [0.05, 0.1) is 0 Å². The number of carbonyl (C=O) groups is 1. The highest BCUT2D eigenvalue weighted by Gasteiger charge is 2.04. The molecule has 0 aliphatic heterocycles. The molecular weight excluding hydrogens is 263 g/mol. The lowest BCUT2D eigenvalue weighted by atomic mass is 10.3. The average Bonchev–Trinajstić information content (AvgIpc) is 2.29. The minimum absolute atomic E-state index is 0.0244. The number of nitrogens with one attached hydrogen (secondary N) is 1. The Morgan fingerprint density at radius 3 is 2.67 bits per heavy atom. The summed E-state index contributed by atoms with van der Waals surface area (Å²) in [6.45, 7) is 3.46. The zero-order chi connectivity index (χ0) is 11.7. The van der Waals surface area contributed by atoms with E-state index in [1.165, 1.54) is 6.20 Å². The third-order valence-corrected chi connectivity index (χ3v) is 1.81. The highest BCUT2D eigenvalue weighted by atomic mass is 79.9. The predicted octanol–water partition coefficient (Wildman–Crippen LogP) is 2.57. The van der Waals surface area contributed by atoms with Crippen molar-refractivity contribution >= 4 is 21.8 Å². The summed E-state index contributed by atoms with van der Waals surface area (Å²) in [5, 5.41) is 2.38. The second kappa shape index (κ2) is 8.35. The molecule has 0 aliphatic carbocycles. The first-order valence-electron chi connectivity index (χ1n) is 4.70. The maximum absolute atomic E-state index is 11.7. The van der Waals surface area contributed by atoms with Gasteiger partial charge in [-0.25, -0.2) is 9.37 Å². The van der Waals surface area contributed by atoms with Crippen molar-refractivity contribution in [3.8, 4) is 0 Å². The van der Waals surface area contributed by atoms with Crippen LogP contribution in [0.15, 0.2) is 22.8 Å². The maximum atomic E-state index is 11.7. The first kappa shape index (κ1) is 14.0. The Labute approximate surface area is 97.2 Å². The van der Waals surface area contributed by atoms with E-state index in [0.717, 1.165) is 4.47 Å². The molecule has 1 aromatic rings. The van der Waals surface area contributed by atoms with Gasteiger partial charge in [-0.05, 0) is 28.1 Å². The summed E-state index contributed by atoms with van der Waals surface area (Å²) in [4.78, 5) is 15.0. The monoisotopic (exact) mass is 276 g/mol. The lowest BCUT2D eigenvalue weighted by molar-refractivity contribution is 0.0946. The van der Waals surface area contributed by atoms with Crippen LogP contribution in [0.2, 0.25) is 0 Å². The zero-order valence-corrected chi connectivity index (χ0v) is 10.3. The first-order chi connectivity index (χ1) is 7.24. The van der Waals surface area contributed by atoms with Crippen molar-refractivity contribution in [3.05, 3.63) is 28.5 Å². The predicted molar refractivity (Wildman–Crippen MR) is 61.6 cm³/mol. The van der Waals surface area contributed by atoms with Gasteiger partial charge in [-0.1, -0.05) is 13.8 Å². The lowest BCUT2D eigenvalue weighted by Gasteiger charge is -2.00. The standard InChI is InChI=1S/C8H8BrFN2O.C2H6/c9-6-1-2-7(12-5-6)8(13)11-4-3-10;1-2/h1-2,5H,3-4H2,(H,11,13);1-2H3. The topological polar surface area (TPSA) is 42.0 Å². The largest absolute Gasteiger partial charge is 0.348 e. The lowest BCUT2D eigenvalue weighted by Crippen LogP contribution is -2.26.